The normalized spacial score (nSPS) is 8.08. The number of hydrogen-bond donors (Lipinski definition) is 2. The largest absolute Gasteiger partial charge is 0.493 e. The monoisotopic (exact) mass is 204 g/mol. The summed E-state index contributed by atoms with van der Waals surface area (Å²) in [5, 5.41) is 9.20. The van der Waals surface area contributed by atoms with Crippen LogP contribution in [0.2, 0.25) is 0 Å². The maximum Gasteiger partial charge on any atom is 0.255 e. The Hall–Kier alpha value is 1.03. The van der Waals surface area contributed by atoms with Crippen molar-refractivity contribution >= 4 is 70.9 Å². The molecule has 4 nitrogen and oxygen atoms in total. The maximum absolute atomic E-state index is 10.6. The molecule has 0 aliphatic rings. The second-order valence-electron chi connectivity index (χ2n) is 1.61. The summed E-state index contributed by atoms with van der Waals surface area (Å²) in [6, 6.07) is 1.03. The number of hydrogen-bond acceptors (Lipinski definition) is 4. The predicted molar refractivity (Wildman–Crippen MR) is 49.8 cm³/mol. The van der Waals surface area contributed by atoms with E-state index in [9.17, 15) is 4.79 Å². The molecular formula is C5H6N2Na2O2S. The van der Waals surface area contributed by atoms with E-state index in [0.29, 0.717) is 5.16 Å². The summed E-state index contributed by atoms with van der Waals surface area (Å²) in [7, 11) is 0. The molecule has 1 heterocycles. The van der Waals surface area contributed by atoms with Gasteiger partial charge in [0.05, 0.1) is 6.07 Å². The van der Waals surface area contributed by atoms with Gasteiger partial charge in [0.2, 0.25) is 5.88 Å². The second-order valence-corrected chi connectivity index (χ2v) is 2.41. The van der Waals surface area contributed by atoms with Crippen molar-refractivity contribution in [2.24, 2.45) is 0 Å². The Kier molecular flexibility index (Phi) is 9.60. The number of thioether (sulfide) groups is 1. The van der Waals surface area contributed by atoms with Gasteiger partial charge >= 0.3 is 0 Å². The van der Waals surface area contributed by atoms with Crippen LogP contribution in [0.4, 0.5) is 0 Å². The van der Waals surface area contributed by atoms with Crippen molar-refractivity contribution < 1.29 is 5.11 Å². The fraction of sp³-hybridized carbons (Fsp3) is 0.200. The first-order valence-corrected chi connectivity index (χ1v) is 3.79. The van der Waals surface area contributed by atoms with Gasteiger partial charge in [-0.05, 0) is 6.26 Å². The van der Waals surface area contributed by atoms with Crippen LogP contribution in [0.25, 0.3) is 0 Å². The number of aromatic hydroxyl groups is 1. The van der Waals surface area contributed by atoms with Crippen LogP contribution < -0.4 is 5.56 Å². The number of rotatable bonds is 1. The first-order valence-electron chi connectivity index (χ1n) is 2.56. The molecule has 1 rings (SSSR count). The zero-order chi connectivity index (χ0) is 7.56. The molecule has 0 aromatic carbocycles. The number of nitrogens with zero attached hydrogens (tertiary/aromatic N) is 1. The minimum absolute atomic E-state index is 0. The van der Waals surface area contributed by atoms with Gasteiger partial charge in [-0.2, -0.15) is 4.98 Å². The molecule has 7 heteroatoms. The van der Waals surface area contributed by atoms with Gasteiger partial charge in [-0.25, -0.2) is 0 Å². The summed E-state index contributed by atoms with van der Waals surface area (Å²) in [6.07, 6.45) is 1.76. The second kappa shape index (κ2) is 7.44. The Labute approximate surface area is 118 Å². The molecule has 0 aliphatic heterocycles. The number of aromatic nitrogens is 2. The summed E-state index contributed by atoms with van der Waals surface area (Å²) in [4.78, 5) is 16.7. The molecule has 0 unspecified atom stereocenters. The number of nitrogens with one attached hydrogen (secondary N) is 1. The third-order valence-corrected chi connectivity index (χ3v) is 1.48. The van der Waals surface area contributed by atoms with E-state index in [1.54, 1.807) is 6.26 Å². The predicted octanol–water partition coefficient (Wildman–Crippen LogP) is -0.564. The quantitative estimate of drug-likeness (QED) is 0.365. The summed E-state index contributed by atoms with van der Waals surface area (Å²) in [5.41, 5.74) is -0.336. The SMILES string of the molecule is CSc1nc(O)cc(=O)[nH]1.[Na].[Na]. The molecule has 56 valence electrons. The molecule has 1 aromatic rings. The van der Waals surface area contributed by atoms with Crippen molar-refractivity contribution in [2.45, 2.75) is 5.16 Å². The first-order chi connectivity index (χ1) is 4.72. The van der Waals surface area contributed by atoms with Crippen LogP contribution in [0.15, 0.2) is 16.0 Å². The molecule has 12 heavy (non-hydrogen) atoms. The van der Waals surface area contributed by atoms with Crippen LogP contribution in [-0.4, -0.2) is 80.4 Å². The molecule has 2 N–H and O–H groups in total. The topological polar surface area (TPSA) is 66.0 Å². The van der Waals surface area contributed by atoms with Crippen molar-refractivity contribution in [3.8, 4) is 5.88 Å². The molecular weight excluding hydrogens is 198 g/mol. The summed E-state index contributed by atoms with van der Waals surface area (Å²) in [5.74, 6) is -0.242. The molecule has 0 amide bonds. The van der Waals surface area contributed by atoms with E-state index in [4.69, 9.17) is 5.11 Å². The Balaban J connectivity index is 0. The average molecular weight is 204 g/mol. The Morgan fingerprint density at radius 2 is 2.17 bits per heavy atom. The van der Waals surface area contributed by atoms with Gasteiger partial charge in [-0.15, -0.1) is 0 Å². The van der Waals surface area contributed by atoms with E-state index in [0.717, 1.165) is 6.07 Å². The minimum atomic E-state index is -0.336. The standard InChI is InChI=1S/C5H6N2O2S.2Na/c1-10-5-6-3(8)2-4(9)7-5;;/h2H,1H3,(H2,6,7,8,9);;. The fourth-order valence-corrected chi connectivity index (χ4v) is 0.907. The van der Waals surface area contributed by atoms with Crippen LogP contribution in [0, 0.1) is 0 Å². The summed E-state index contributed by atoms with van der Waals surface area (Å²) < 4.78 is 0. The average Bonchev–Trinajstić information content (AvgIpc) is 1.85. The van der Waals surface area contributed by atoms with Gasteiger partial charge in [-0.1, -0.05) is 11.8 Å². The van der Waals surface area contributed by atoms with Crippen molar-refractivity contribution in [2.75, 3.05) is 6.26 Å². The van der Waals surface area contributed by atoms with Crippen LogP contribution in [0.3, 0.4) is 0 Å². The van der Waals surface area contributed by atoms with Gasteiger partial charge in [-0.3, -0.25) is 4.79 Å². The fourth-order valence-electron chi connectivity index (χ4n) is 0.520. The van der Waals surface area contributed by atoms with E-state index >= 15 is 0 Å². The molecule has 0 spiro atoms. The first kappa shape index (κ1) is 15.5. The summed E-state index contributed by atoms with van der Waals surface area (Å²) >= 11 is 1.27. The van der Waals surface area contributed by atoms with Gasteiger partial charge in [0.15, 0.2) is 5.16 Å². The van der Waals surface area contributed by atoms with Crippen molar-refractivity contribution in [3.63, 3.8) is 0 Å². The zero-order valence-corrected chi connectivity index (χ0v) is 12.1. The van der Waals surface area contributed by atoms with Crippen LogP contribution in [0.5, 0.6) is 5.88 Å². The van der Waals surface area contributed by atoms with Crippen LogP contribution in [0.1, 0.15) is 0 Å². The van der Waals surface area contributed by atoms with Gasteiger partial charge in [0.1, 0.15) is 0 Å². The van der Waals surface area contributed by atoms with Crippen LogP contribution in [-0.2, 0) is 0 Å². The van der Waals surface area contributed by atoms with Gasteiger partial charge in [0.25, 0.3) is 5.56 Å². The van der Waals surface area contributed by atoms with E-state index in [-0.39, 0.29) is 70.6 Å². The molecule has 0 saturated carbocycles. The molecule has 0 saturated heterocycles. The molecule has 0 fully saturated rings. The molecule has 0 bridgehead atoms. The number of aromatic amines is 1. The third kappa shape index (κ3) is 4.91. The maximum atomic E-state index is 10.6. The van der Waals surface area contributed by atoms with E-state index in [1.807, 2.05) is 0 Å². The van der Waals surface area contributed by atoms with E-state index < -0.39 is 0 Å². The molecule has 1 aromatic heterocycles. The van der Waals surface area contributed by atoms with Crippen molar-refractivity contribution in [3.05, 3.63) is 16.4 Å². The Bertz CT molecular complexity index is 291. The van der Waals surface area contributed by atoms with Gasteiger partial charge < -0.3 is 10.1 Å². The molecule has 0 atom stereocenters. The smallest absolute Gasteiger partial charge is 0.255 e. The summed E-state index contributed by atoms with van der Waals surface area (Å²) in [6.45, 7) is 0. The van der Waals surface area contributed by atoms with Crippen LogP contribution >= 0.6 is 11.8 Å². The van der Waals surface area contributed by atoms with Gasteiger partial charge in [0, 0.05) is 59.1 Å². The van der Waals surface area contributed by atoms with Crippen molar-refractivity contribution in [1.82, 2.24) is 9.97 Å². The molecule has 2 radical (unpaired) electrons. The molecule has 0 aliphatic carbocycles. The third-order valence-electron chi connectivity index (χ3n) is 0.900. The van der Waals surface area contributed by atoms with E-state index in [1.165, 1.54) is 11.8 Å². The minimum Gasteiger partial charge on any atom is -0.493 e. The Morgan fingerprint density at radius 1 is 1.58 bits per heavy atom. The van der Waals surface area contributed by atoms with E-state index in [2.05, 4.69) is 9.97 Å². The van der Waals surface area contributed by atoms with Crippen molar-refractivity contribution in [1.29, 1.82) is 0 Å². The number of H-pyrrole nitrogens is 1. The zero-order valence-electron chi connectivity index (χ0n) is 7.29. The Morgan fingerprint density at radius 3 is 2.58 bits per heavy atom.